The second kappa shape index (κ2) is 2.59. The van der Waals surface area contributed by atoms with Crippen LogP contribution >= 0.6 is 0 Å². The van der Waals surface area contributed by atoms with Gasteiger partial charge in [-0.05, 0) is 30.0 Å². The number of fused-ring (bicyclic) bond motifs is 1. The predicted octanol–water partition coefficient (Wildman–Crippen LogP) is 2.38. The van der Waals surface area contributed by atoms with Crippen LogP contribution in [0, 0.1) is 6.92 Å². The summed E-state index contributed by atoms with van der Waals surface area (Å²) in [7, 11) is 0. The fraction of sp³-hybridized carbons (Fsp3) is 0.182. The molecule has 0 heterocycles. The molecule has 1 aliphatic rings. The Balaban J connectivity index is 2.70. The number of carbonyl (C=O) groups excluding carboxylic acids is 1. The summed E-state index contributed by atoms with van der Waals surface area (Å²) in [5, 5.41) is 0. The Morgan fingerprint density at radius 2 is 2.25 bits per heavy atom. The van der Waals surface area contributed by atoms with Gasteiger partial charge in [0.25, 0.3) is 0 Å². The van der Waals surface area contributed by atoms with Crippen molar-refractivity contribution in [2.75, 3.05) is 0 Å². The Morgan fingerprint density at radius 3 is 3.00 bits per heavy atom. The van der Waals surface area contributed by atoms with Crippen molar-refractivity contribution in [3.05, 3.63) is 40.5 Å². The van der Waals surface area contributed by atoms with Crippen LogP contribution in [-0.2, 0) is 6.42 Å². The summed E-state index contributed by atoms with van der Waals surface area (Å²) in [6.07, 6.45) is 6.04. The highest BCUT2D eigenvalue weighted by Crippen LogP contribution is 2.25. The first-order valence-electron chi connectivity index (χ1n) is 4.07. The van der Waals surface area contributed by atoms with Crippen LogP contribution in [0.4, 0.5) is 0 Å². The minimum atomic E-state index is 0.810. The molecule has 2 rings (SSSR count). The minimum Gasteiger partial charge on any atom is -0.298 e. The quantitative estimate of drug-likeness (QED) is 0.573. The van der Waals surface area contributed by atoms with Crippen LogP contribution in [0.25, 0.3) is 6.08 Å². The average molecular weight is 158 g/mol. The molecule has 0 saturated carbocycles. The maximum Gasteiger partial charge on any atom is 0.150 e. The number of carbonyl (C=O) groups is 1. The van der Waals surface area contributed by atoms with Crippen molar-refractivity contribution in [3.8, 4) is 0 Å². The van der Waals surface area contributed by atoms with Crippen LogP contribution in [0.5, 0.6) is 0 Å². The van der Waals surface area contributed by atoms with Crippen LogP contribution in [0.2, 0.25) is 0 Å². The summed E-state index contributed by atoms with van der Waals surface area (Å²) in [6.45, 7) is 2.08. The summed E-state index contributed by atoms with van der Waals surface area (Å²) in [6, 6.07) is 3.90. The van der Waals surface area contributed by atoms with E-state index in [1.54, 1.807) is 0 Å². The molecule has 0 aromatic heterocycles. The van der Waals surface area contributed by atoms with E-state index in [9.17, 15) is 4.79 Å². The molecule has 0 atom stereocenters. The van der Waals surface area contributed by atoms with Gasteiger partial charge in [0.1, 0.15) is 0 Å². The van der Waals surface area contributed by atoms with E-state index in [2.05, 4.69) is 13.0 Å². The fourth-order valence-corrected chi connectivity index (χ4v) is 1.66. The zero-order valence-electron chi connectivity index (χ0n) is 7.00. The van der Waals surface area contributed by atoms with Crippen molar-refractivity contribution >= 4 is 12.4 Å². The number of hydrogen-bond donors (Lipinski definition) is 0. The Labute approximate surface area is 71.7 Å². The standard InChI is InChI=1S/C11H10O/c1-8-5-6-9(7-12)11-4-2-3-10(8)11/h2,4-7H,3H2,1H3. The van der Waals surface area contributed by atoms with Crippen molar-refractivity contribution in [2.24, 2.45) is 0 Å². The van der Waals surface area contributed by atoms with Crippen LogP contribution < -0.4 is 0 Å². The molecule has 1 aliphatic carbocycles. The Morgan fingerprint density at radius 1 is 1.42 bits per heavy atom. The van der Waals surface area contributed by atoms with Crippen molar-refractivity contribution in [1.82, 2.24) is 0 Å². The molecule has 0 saturated heterocycles. The SMILES string of the molecule is Cc1ccc(C=O)c2c1CC=C2. The van der Waals surface area contributed by atoms with Crippen LogP contribution in [0.3, 0.4) is 0 Å². The summed E-state index contributed by atoms with van der Waals surface area (Å²) in [5.41, 5.74) is 4.51. The van der Waals surface area contributed by atoms with E-state index >= 15 is 0 Å². The lowest BCUT2D eigenvalue weighted by atomic mass is 9.99. The van der Waals surface area contributed by atoms with E-state index in [1.807, 2.05) is 18.2 Å². The molecule has 1 aromatic carbocycles. The van der Waals surface area contributed by atoms with E-state index in [0.717, 1.165) is 23.8 Å². The lowest BCUT2D eigenvalue weighted by molar-refractivity contribution is 0.112. The molecular formula is C11H10O. The smallest absolute Gasteiger partial charge is 0.150 e. The number of hydrogen-bond acceptors (Lipinski definition) is 1. The van der Waals surface area contributed by atoms with Crippen molar-refractivity contribution in [2.45, 2.75) is 13.3 Å². The lowest BCUT2D eigenvalue weighted by Crippen LogP contribution is -1.92. The first-order chi connectivity index (χ1) is 5.83. The maximum atomic E-state index is 10.6. The molecule has 0 aliphatic heterocycles. The van der Waals surface area contributed by atoms with Gasteiger partial charge in [-0.2, -0.15) is 0 Å². The lowest BCUT2D eigenvalue weighted by Gasteiger charge is -2.04. The molecule has 1 heteroatoms. The normalized spacial score (nSPS) is 13.1. The summed E-state index contributed by atoms with van der Waals surface area (Å²) in [4.78, 5) is 10.6. The number of aldehydes is 1. The zero-order chi connectivity index (χ0) is 8.55. The molecule has 0 fully saturated rings. The number of allylic oxidation sites excluding steroid dienone is 1. The number of benzene rings is 1. The van der Waals surface area contributed by atoms with E-state index < -0.39 is 0 Å². The fourth-order valence-electron chi connectivity index (χ4n) is 1.66. The largest absolute Gasteiger partial charge is 0.298 e. The van der Waals surface area contributed by atoms with Crippen LogP contribution in [0.15, 0.2) is 18.2 Å². The van der Waals surface area contributed by atoms with E-state index in [0.29, 0.717) is 0 Å². The number of rotatable bonds is 1. The molecule has 0 bridgehead atoms. The van der Waals surface area contributed by atoms with Gasteiger partial charge in [-0.25, -0.2) is 0 Å². The highest BCUT2D eigenvalue weighted by atomic mass is 16.1. The van der Waals surface area contributed by atoms with Crippen molar-refractivity contribution < 1.29 is 4.79 Å². The molecule has 1 nitrogen and oxygen atoms in total. The molecular weight excluding hydrogens is 148 g/mol. The molecule has 12 heavy (non-hydrogen) atoms. The van der Waals surface area contributed by atoms with Gasteiger partial charge in [-0.15, -0.1) is 0 Å². The van der Waals surface area contributed by atoms with Gasteiger partial charge in [0.2, 0.25) is 0 Å². The molecule has 60 valence electrons. The topological polar surface area (TPSA) is 17.1 Å². The Bertz CT molecular complexity index is 362. The van der Waals surface area contributed by atoms with Gasteiger partial charge in [0.15, 0.2) is 6.29 Å². The van der Waals surface area contributed by atoms with Crippen molar-refractivity contribution in [1.29, 1.82) is 0 Å². The molecule has 0 N–H and O–H groups in total. The third kappa shape index (κ3) is 0.900. The van der Waals surface area contributed by atoms with E-state index in [4.69, 9.17) is 0 Å². The predicted molar refractivity (Wildman–Crippen MR) is 49.3 cm³/mol. The molecule has 0 radical (unpaired) electrons. The number of aryl methyl sites for hydroxylation is 1. The molecule has 0 unspecified atom stereocenters. The monoisotopic (exact) mass is 158 g/mol. The third-order valence-electron chi connectivity index (χ3n) is 2.36. The third-order valence-corrected chi connectivity index (χ3v) is 2.36. The second-order valence-electron chi connectivity index (χ2n) is 3.09. The maximum absolute atomic E-state index is 10.6. The summed E-state index contributed by atoms with van der Waals surface area (Å²) in [5.74, 6) is 0. The van der Waals surface area contributed by atoms with Gasteiger partial charge < -0.3 is 0 Å². The highest BCUT2D eigenvalue weighted by Gasteiger charge is 2.10. The molecule has 0 amide bonds. The minimum absolute atomic E-state index is 0.810. The van der Waals surface area contributed by atoms with Crippen LogP contribution in [-0.4, -0.2) is 6.29 Å². The zero-order valence-corrected chi connectivity index (χ0v) is 7.00. The molecule has 0 spiro atoms. The summed E-state index contributed by atoms with van der Waals surface area (Å²) < 4.78 is 0. The Kier molecular flexibility index (Phi) is 1.58. The average Bonchev–Trinajstić information content (AvgIpc) is 2.54. The van der Waals surface area contributed by atoms with E-state index in [1.165, 1.54) is 11.1 Å². The second-order valence-corrected chi connectivity index (χ2v) is 3.09. The van der Waals surface area contributed by atoms with Crippen LogP contribution in [0.1, 0.15) is 27.0 Å². The van der Waals surface area contributed by atoms with Gasteiger partial charge >= 0.3 is 0 Å². The van der Waals surface area contributed by atoms with Gasteiger partial charge in [0.05, 0.1) is 0 Å². The van der Waals surface area contributed by atoms with Gasteiger partial charge in [-0.3, -0.25) is 4.79 Å². The first-order valence-corrected chi connectivity index (χ1v) is 4.07. The Hall–Kier alpha value is -1.37. The molecule has 1 aromatic rings. The summed E-state index contributed by atoms with van der Waals surface area (Å²) >= 11 is 0. The van der Waals surface area contributed by atoms with Gasteiger partial charge in [-0.1, -0.05) is 24.3 Å². The van der Waals surface area contributed by atoms with E-state index in [-0.39, 0.29) is 0 Å². The van der Waals surface area contributed by atoms with Crippen molar-refractivity contribution in [3.63, 3.8) is 0 Å². The first kappa shape index (κ1) is 7.29. The highest BCUT2D eigenvalue weighted by molar-refractivity contribution is 5.84. The van der Waals surface area contributed by atoms with Gasteiger partial charge in [0, 0.05) is 5.56 Å².